The lowest BCUT2D eigenvalue weighted by Gasteiger charge is -2.23. The number of hydrogen-bond acceptors (Lipinski definition) is 9. The molecule has 2 atom stereocenters. The molecular weight excluding hydrogens is 536 g/mol. The van der Waals surface area contributed by atoms with Crippen molar-refractivity contribution in [3.63, 3.8) is 0 Å². The molecule has 0 bridgehead atoms. The Morgan fingerprint density at radius 1 is 1.25 bits per heavy atom. The van der Waals surface area contributed by atoms with Crippen LogP contribution in [0.25, 0.3) is 11.3 Å². The summed E-state index contributed by atoms with van der Waals surface area (Å²) in [4.78, 5) is 41.1. The van der Waals surface area contributed by atoms with Gasteiger partial charge in [0.15, 0.2) is 0 Å². The quantitative estimate of drug-likeness (QED) is 0.356. The molecule has 2 aromatic heterocycles. The highest BCUT2D eigenvalue weighted by Crippen LogP contribution is 2.37. The van der Waals surface area contributed by atoms with Gasteiger partial charge < -0.3 is 30.1 Å². The number of anilines is 1. The van der Waals surface area contributed by atoms with Gasteiger partial charge in [-0.05, 0) is 37.5 Å². The van der Waals surface area contributed by atoms with E-state index in [0.717, 1.165) is 18.4 Å². The van der Waals surface area contributed by atoms with Crippen molar-refractivity contribution in [3.05, 3.63) is 64.4 Å². The van der Waals surface area contributed by atoms with Crippen molar-refractivity contribution in [2.75, 3.05) is 38.8 Å². The average molecular weight is 567 g/mol. The summed E-state index contributed by atoms with van der Waals surface area (Å²) >= 11 is 6.46. The third kappa shape index (κ3) is 5.86. The highest BCUT2D eigenvalue weighted by Gasteiger charge is 2.36. The number of aromatic nitrogens is 3. The van der Waals surface area contributed by atoms with E-state index in [0.29, 0.717) is 52.6 Å². The number of pyridine rings is 1. The minimum Gasteiger partial charge on any atom is -0.481 e. The lowest BCUT2D eigenvalue weighted by Crippen LogP contribution is -2.41. The third-order valence-corrected chi connectivity index (χ3v) is 7.45. The van der Waals surface area contributed by atoms with Crippen LogP contribution in [-0.2, 0) is 9.53 Å². The molecule has 2 aliphatic heterocycles. The molecule has 0 saturated carbocycles. The van der Waals surface area contributed by atoms with Crippen LogP contribution < -0.4 is 15.4 Å². The predicted molar refractivity (Wildman–Crippen MR) is 148 cm³/mol. The molecule has 0 aliphatic carbocycles. The number of aliphatic hydroxyl groups excluding tert-OH is 1. The number of halogens is 1. The van der Waals surface area contributed by atoms with E-state index >= 15 is 0 Å². The van der Waals surface area contributed by atoms with E-state index in [4.69, 9.17) is 21.1 Å². The van der Waals surface area contributed by atoms with E-state index in [1.807, 2.05) is 19.1 Å². The van der Waals surface area contributed by atoms with E-state index < -0.39 is 11.9 Å². The molecule has 1 fully saturated rings. The van der Waals surface area contributed by atoms with Crippen LogP contribution in [0.4, 0.5) is 5.95 Å². The van der Waals surface area contributed by atoms with Crippen LogP contribution in [0.3, 0.4) is 0 Å². The number of ether oxygens (including phenoxy) is 2. The number of hydrogen-bond donors (Lipinski definition) is 3. The smallest absolute Gasteiger partial charge is 0.255 e. The second-order valence-corrected chi connectivity index (χ2v) is 10.1. The van der Waals surface area contributed by atoms with Gasteiger partial charge >= 0.3 is 0 Å². The van der Waals surface area contributed by atoms with Gasteiger partial charge in [-0.1, -0.05) is 29.8 Å². The lowest BCUT2D eigenvalue weighted by atomic mass is 10.0. The maximum absolute atomic E-state index is 13.4. The molecule has 5 rings (SSSR count). The van der Waals surface area contributed by atoms with Gasteiger partial charge in [0.1, 0.15) is 6.54 Å². The van der Waals surface area contributed by atoms with Gasteiger partial charge in [0.05, 0.1) is 48.4 Å². The number of nitrogens with zero attached hydrogens (tertiary/aromatic N) is 4. The molecule has 2 aliphatic rings. The van der Waals surface area contributed by atoms with E-state index in [9.17, 15) is 14.7 Å². The summed E-state index contributed by atoms with van der Waals surface area (Å²) < 4.78 is 10.5. The zero-order valence-corrected chi connectivity index (χ0v) is 23.0. The number of carbonyl (C=O) groups is 2. The Balaban J connectivity index is 1.30. The average Bonchev–Trinajstić information content (AvgIpc) is 3.21. The van der Waals surface area contributed by atoms with Crippen molar-refractivity contribution in [3.8, 4) is 17.1 Å². The van der Waals surface area contributed by atoms with Crippen LogP contribution in [-0.4, -0.2) is 76.3 Å². The SMILES string of the molecule is COc1cccc([C@@H](CO)NC(=O)CN2C(=O)c3cc(-c4nc(NC5CCOCC5)ncc4Cl)ccc3[C@@H]2C)n1. The summed E-state index contributed by atoms with van der Waals surface area (Å²) in [5.74, 6) is 0.147. The Morgan fingerprint density at radius 3 is 2.80 bits per heavy atom. The zero-order valence-electron chi connectivity index (χ0n) is 22.3. The van der Waals surface area contributed by atoms with Crippen molar-refractivity contribution in [1.29, 1.82) is 0 Å². The third-order valence-electron chi connectivity index (χ3n) is 7.18. The van der Waals surface area contributed by atoms with Crippen LogP contribution in [0, 0.1) is 0 Å². The molecule has 3 aromatic rings. The van der Waals surface area contributed by atoms with E-state index in [2.05, 4.69) is 25.6 Å². The molecule has 0 spiro atoms. The first-order valence-corrected chi connectivity index (χ1v) is 13.5. The van der Waals surface area contributed by atoms with Crippen molar-refractivity contribution in [2.45, 2.75) is 37.9 Å². The maximum Gasteiger partial charge on any atom is 0.255 e. The van der Waals surface area contributed by atoms with Crippen LogP contribution in [0.2, 0.25) is 5.02 Å². The number of benzene rings is 1. The van der Waals surface area contributed by atoms with Crippen molar-refractivity contribution in [1.82, 2.24) is 25.2 Å². The summed E-state index contributed by atoms with van der Waals surface area (Å²) in [5.41, 5.74) is 2.94. The van der Waals surface area contributed by atoms with Crippen LogP contribution in [0.5, 0.6) is 5.88 Å². The standard InChI is InChI=1S/C28H31ClN6O5/c1-16-19-7-6-17(26-21(29)13-30-28(34-26)31-18-8-10-40-11-9-18)12-20(19)27(38)35(16)14-24(37)32-23(15-36)22-4-3-5-25(33-22)39-2/h3-7,12-13,16,18,23,36H,8-11,14-15H2,1-2H3,(H,32,37)(H,30,31,34)/t16-,23+/m0/s1. The first-order valence-electron chi connectivity index (χ1n) is 13.1. The first-order chi connectivity index (χ1) is 19.4. The summed E-state index contributed by atoms with van der Waals surface area (Å²) in [6, 6.07) is 9.74. The lowest BCUT2D eigenvalue weighted by molar-refractivity contribution is -0.123. The Labute approximate surface area is 236 Å². The number of rotatable bonds is 9. The Bertz CT molecular complexity index is 1400. The minimum atomic E-state index is -0.742. The second kappa shape index (κ2) is 12.2. The molecule has 11 nitrogen and oxygen atoms in total. The van der Waals surface area contributed by atoms with Crippen molar-refractivity contribution < 1.29 is 24.2 Å². The largest absolute Gasteiger partial charge is 0.481 e. The Morgan fingerprint density at radius 2 is 2.05 bits per heavy atom. The van der Waals surface area contributed by atoms with Crippen LogP contribution in [0.15, 0.2) is 42.6 Å². The molecule has 3 N–H and O–H groups in total. The fourth-order valence-corrected chi connectivity index (χ4v) is 5.17. The molecule has 1 saturated heterocycles. The van der Waals surface area contributed by atoms with Gasteiger partial charge in [-0.25, -0.2) is 15.0 Å². The summed E-state index contributed by atoms with van der Waals surface area (Å²) in [5, 5.41) is 16.3. The predicted octanol–water partition coefficient (Wildman–Crippen LogP) is 3.16. The molecular formula is C28H31ClN6O5. The Hall–Kier alpha value is -3.80. The monoisotopic (exact) mass is 566 g/mol. The highest BCUT2D eigenvalue weighted by molar-refractivity contribution is 6.33. The fourth-order valence-electron chi connectivity index (χ4n) is 4.97. The van der Waals surface area contributed by atoms with Gasteiger partial charge in [-0.3, -0.25) is 9.59 Å². The summed E-state index contributed by atoms with van der Waals surface area (Å²) in [6.45, 7) is 2.71. The van der Waals surface area contributed by atoms with Crippen molar-refractivity contribution in [2.24, 2.45) is 0 Å². The van der Waals surface area contributed by atoms with Gasteiger partial charge in [0.25, 0.3) is 5.91 Å². The van der Waals surface area contributed by atoms with E-state index in [1.165, 1.54) is 12.0 Å². The number of nitrogens with one attached hydrogen (secondary N) is 2. The van der Waals surface area contributed by atoms with Gasteiger partial charge in [0.2, 0.25) is 17.7 Å². The number of carbonyl (C=O) groups excluding carboxylic acids is 2. The molecule has 2 amide bonds. The van der Waals surface area contributed by atoms with Gasteiger partial charge in [0, 0.05) is 36.4 Å². The molecule has 0 radical (unpaired) electrons. The van der Waals surface area contributed by atoms with Crippen LogP contribution >= 0.6 is 11.6 Å². The maximum atomic E-state index is 13.4. The molecule has 1 aromatic carbocycles. The first kappa shape index (κ1) is 27.8. The summed E-state index contributed by atoms with van der Waals surface area (Å²) in [6.07, 6.45) is 3.28. The van der Waals surface area contributed by atoms with Crippen LogP contribution in [0.1, 0.15) is 53.5 Å². The second-order valence-electron chi connectivity index (χ2n) is 9.74. The van der Waals surface area contributed by atoms with Gasteiger partial charge in [-0.2, -0.15) is 0 Å². The zero-order chi connectivity index (χ0) is 28.2. The Kier molecular flexibility index (Phi) is 8.43. The van der Waals surface area contributed by atoms with Crippen molar-refractivity contribution >= 4 is 29.4 Å². The van der Waals surface area contributed by atoms with E-state index in [-0.39, 0.29) is 31.1 Å². The topological polar surface area (TPSA) is 139 Å². The number of methoxy groups -OCH3 is 1. The molecule has 210 valence electrons. The number of fused-ring (bicyclic) bond motifs is 1. The van der Waals surface area contributed by atoms with E-state index in [1.54, 1.807) is 30.5 Å². The minimum absolute atomic E-state index is 0.183. The number of aliphatic hydroxyl groups is 1. The molecule has 12 heteroatoms. The molecule has 0 unspecified atom stereocenters. The molecule has 40 heavy (non-hydrogen) atoms. The highest BCUT2D eigenvalue weighted by atomic mass is 35.5. The fraction of sp³-hybridized carbons (Fsp3) is 0.393. The normalized spacial score (nSPS) is 17.9. The summed E-state index contributed by atoms with van der Waals surface area (Å²) in [7, 11) is 1.49. The number of amides is 2. The van der Waals surface area contributed by atoms with Gasteiger partial charge in [-0.15, -0.1) is 0 Å². The molecule has 4 heterocycles.